The first-order valence-electron chi connectivity index (χ1n) is 5.56. The number of phenolic OH excluding ortho intramolecular Hbond substituents is 1. The van der Waals surface area contributed by atoms with Gasteiger partial charge in [-0.3, -0.25) is 9.69 Å². The van der Waals surface area contributed by atoms with Gasteiger partial charge in [0, 0.05) is 5.56 Å². The fourth-order valence-electron chi connectivity index (χ4n) is 2.06. The van der Waals surface area contributed by atoms with E-state index in [1.165, 1.54) is 38.1 Å². The van der Waals surface area contributed by atoms with Crippen molar-refractivity contribution in [1.82, 2.24) is 0 Å². The van der Waals surface area contributed by atoms with Crippen LogP contribution in [-0.4, -0.2) is 22.7 Å². The van der Waals surface area contributed by atoms with E-state index in [1.54, 1.807) is 6.08 Å². The first-order valence-corrected chi connectivity index (χ1v) is 5.56. The van der Waals surface area contributed by atoms with E-state index in [-0.39, 0.29) is 11.4 Å². The molecule has 1 aromatic rings. The number of anilines is 1. The Morgan fingerprint density at radius 3 is 2.53 bits per heavy atom. The molecule has 0 aromatic heterocycles. The van der Waals surface area contributed by atoms with Crippen LogP contribution < -0.4 is 4.90 Å². The number of benzene rings is 1. The third-order valence-corrected chi connectivity index (χ3v) is 2.94. The van der Waals surface area contributed by atoms with Crippen molar-refractivity contribution in [1.29, 1.82) is 0 Å². The summed E-state index contributed by atoms with van der Waals surface area (Å²) in [6.07, 6.45) is -1.86. The van der Waals surface area contributed by atoms with Gasteiger partial charge in [0.15, 0.2) is 0 Å². The molecule has 1 aromatic carbocycles. The van der Waals surface area contributed by atoms with E-state index in [2.05, 4.69) is 0 Å². The van der Waals surface area contributed by atoms with E-state index in [1.807, 2.05) is 0 Å². The monoisotopic (exact) mass is 271 g/mol. The van der Waals surface area contributed by atoms with Crippen molar-refractivity contribution in [2.75, 3.05) is 4.90 Å². The fourth-order valence-corrected chi connectivity index (χ4v) is 2.06. The topological polar surface area (TPSA) is 40.5 Å². The van der Waals surface area contributed by atoms with E-state index in [0.29, 0.717) is 10.5 Å². The second-order valence-electron chi connectivity index (χ2n) is 4.87. The molecule has 0 saturated heterocycles. The molecule has 0 radical (unpaired) electrons. The SMILES string of the molecule is CC1(C)C=Cc2cc(O)ccc2N1C(=O)C(F)(F)F. The van der Waals surface area contributed by atoms with E-state index in [9.17, 15) is 23.1 Å². The van der Waals surface area contributed by atoms with E-state index < -0.39 is 17.6 Å². The number of carbonyl (C=O) groups excluding carboxylic acids is 1. The summed E-state index contributed by atoms with van der Waals surface area (Å²) in [6, 6.07) is 3.88. The highest BCUT2D eigenvalue weighted by Crippen LogP contribution is 2.38. The number of hydrogen-bond donors (Lipinski definition) is 1. The molecule has 3 nitrogen and oxygen atoms in total. The summed E-state index contributed by atoms with van der Waals surface area (Å²) >= 11 is 0. The summed E-state index contributed by atoms with van der Waals surface area (Å²) in [4.78, 5) is 12.3. The summed E-state index contributed by atoms with van der Waals surface area (Å²) in [5.41, 5.74) is -0.583. The van der Waals surface area contributed by atoms with Crippen LogP contribution in [0.5, 0.6) is 5.75 Å². The van der Waals surface area contributed by atoms with Gasteiger partial charge in [-0.15, -0.1) is 0 Å². The minimum Gasteiger partial charge on any atom is -0.508 e. The number of carbonyl (C=O) groups is 1. The zero-order valence-electron chi connectivity index (χ0n) is 10.3. The second kappa shape index (κ2) is 4.01. The molecule has 0 aliphatic carbocycles. The lowest BCUT2D eigenvalue weighted by atomic mass is 9.93. The Kier molecular flexibility index (Phi) is 2.84. The lowest BCUT2D eigenvalue weighted by Gasteiger charge is -2.40. The zero-order valence-corrected chi connectivity index (χ0v) is 10.3. The Morgan fingerprint density at radius 2 is 1.95 bits per heavy atom. The van der Waals surface area contributed by atoms with Gasteiger partial charge in [-0.1, -0.05) is 12.2 Å². The average Bonchev–Trinajstić information content (AvgIpc) is 2.27. The Hall–Kier alpha value is -1.98. The number of rotatable bonds is 0. The zero-order chi connectivity index (χ0) is 14.4. The minimum absolute atomic E-state index is 0.0671. The van der Waals surface area contributed by atoms with Crippen molar-refractivity contribution >= 4 is 17.7 Å². The number of hydrogen-bond acceptors (Lipinski definition) is 2. The van der Waals surface area contributed by atoms with Crippen LogP contribution in [0.2, 0.25) is 0 Å². The van der Waals surface area contributed by atoms with Crippen LogP contribution in [-0.2, 0) is 4.79 Å². The quantitative estimate of drug-likeness (QED) is 0.787. The number of nitrogens with zero attached hydrogens (tertiary/aromatic N) is 1. The van der Waals surface area contributed by atoms with Gasteiger partial charge in [0.05, 0.1) is 11.2 Å². The highest BCUT2D eigenvalue weighted by Gasteiger charge is 2.48. The number of alkyl halides is 3. The lowest BCUT2D eigenvalue weighted by molar-refractivity contribution is -0.171. The maximum absolute atomic E-state index is 12.7. The summed E-state index contributed by atoms with van der Waals surface area (Å²) < 4.78 is 38.1. The first kappa shape index (κ1) is 13.5. The van der Waals surface area contributed by atoms with Crippen molar-refractivity contribution in [3.8, 4) is 5.75 Å². The molecule has 0 unspecified atom stereocenters. The summed E-state index contributed by atoms with van der Waals surface area (Å²) in [7, 11) is 0. The van der Waals surface area contributed by atoms with Crippen LogP contribution in [0.3, 0.4) is 0 Å². The molecular weight excluding hydrogens is 259 g/mol. The van der Waals surface area contributed by atoms with Crippen LogP contribution in [0.4, 0.5) is 18.9 Å². The lowest BCUT2D eigenvalue weighted by Crippen LogP contribution is -2.53. The molecule has 0 bridgehead atoms. The van der Waals surface area contributed by atoms with Gasteiger partial charge in [0.1, 0.15) is 5.75 Å². The predicted octanol–water partition coefficient (Wildman–Crippen LogP) is 3.09. The maximum Gasteiger partial charge on any atom is 0.471 e. The Balaban J connectivity index is 2.59. The highest BCUT2D eigenvalue weighted by atomic mass is 19.4. The summed E-state index contributed by atoms with van der Waals surface area (Å²) in [6.45, 7) is 3.03. The molecule has 1 N–H and O–H groups in total. The molecule has 102 valence electrons. The molecule has 0 spiro atoms. The summed E-state index contributed by atoms with van der Waals surface area (Å²) in [5.74, 6) is -1.99. The molecule has 2 rings (SSSR count). The van der Waals surface area contributed by atoms with Crippen molar-refractivity contribution < 1.29 is 23.1 Å². The normalized spacial score (nSPS) is 17.2. The first-order chi connectivity index (χ1) is 8.63. The van der Waals surface area contributed by atoms with E-state index in [4.69, 9.17) is 0 Å². The van der Waals surface area contributed by atoms with Crippen LogP contribution in [0, 0.1) is 0 Å². The standard InChI is InChI=1S/C13H12F3NO2/c1-12(2)6-5-8-7-9(18)3-4-10(8)17(12)11(19)13(14,15)16/h3-7,18H,1-2H3. The number of fused-ring (bicyclic) bond motifs is 1. The molecule has 19 heavy (non-hydrogen) atoms. The van der Waals surface area contributed by atoms with Gasteiger partial charge in [0.2, 0.25) is 0 Å². The third kappa shape index (κ3) is 2.30. The largest absolute Gasteiger partial charge is 0.508 e. The molecule has 6 heteroatoms. The molecular formula is C13H12F3NO2. The molecule has 1 aliphatic rings. The Morgan fingerprint density at radius 1 is 1.32 bits per heavy atom. The van der Waals surface area contributed by atoms with Crippen LogP contribution >= 0.6 is 0 Å². The van der Waals surface area contributed by atoms with Crippen LogP contribution in [0.15, 0.2) is 24.3 Å². The van der Waals surface area contributed by atoms with Crippen molar-refractivity contribution in [2.24, 2.45) is 0 Å². The number of aromatic hydroxyl groups is 1. The molecule has 1 heterocycles. The summed E-state index contributed by atoms with van der Waals surface area (Å²) in [5, 5.41) is 9.34. The average molecular weight is 271 g/mol. The fraction of sp³-hybridized carbons (Fsp3) is 0.308. The maximum atomic E-state index is 12.7. The molecule has 0 fully saturated rings. The van der Waals surface area contributed by atoms with Gasteiger partial charge in [-0.25, -0.2) is 0 Å². The molecule has 0 saturated carbocycles. The number of amides is 1. The van der Waals surface area contributed by atoms with Gasteiger partial charge in [0.25, 0.3) is 0 Å². The van der Waals surface area contributed by atoms with Gasteiger partial charge < -0.3 is 5.11 Å². The second-order valence-corrected chi connectivity index (χ2v) is 4.87. The highest BCUT2D eigenvalue weighted by molar-refractivity contribution is 6.02. The smallest absolute Gasteiger partial charge is 0.471 e. The molecule has 0 atom stereocenters. The van der Waals surface area contributed by atoms with Crippen molar-refractivity contribution in [3.05, 3.63) is 29.8 Å². The number of phenols is 1. The van der Waals surface area contributed by atoms with E-state index in [0.717, 1.165) is 0 Å². The van der Waals surface area contributed by atoms with Gasteiger partial charge in [-0.05, 0) is 32.0 Å². The van der Waals surface area contributed by atoms with E-state index >= 15 is 0 Å². The van der Waals surface area contributed by atoms with Gasteiger partial charge in [-0.2, -0.15) is 13.2 Å². The van der Waals surface area contributed by atoms with Gasteiger partial charge >= 0.3 is 12.1 Å². The minimum atomic E-state index is -4.95. The van der Waals surface area contributed by atoms with Crippen LogP contribution in [0.1, 0.15) is 19.4 Å². The Labute approximate surface area is 108 Å². The number of halogens is 3. The van der Waals surface area contributed by atoms with Crippen molar-refractivity contribution in [2.45, 2.75) is 25.6 Å². The third-order valence-electron chi connectivity index (χ3n) is 2.94. The van der Waals surface area contributed by atoms with Crippen molar-refractivity contribution in [3.63, 3.8) is 0 Å². The molecule has 1 amide bonds. The predicted molar refractivity (Wildman–Crippen MR) is 64.8 cm³/mol. The molecule has 1 aliphatic heterocycles. The Bertz CT molecular complexity index is 561. The van der Waals surface area contributed by atoms with Crippen LogP contribution in [0.25, 0.3) is 6.08 Å².